The van der Waals surface area contributed by atoms with Gasteiger partial charge in [0.25, 0.3) is 5.91 Å². The molecule has 2 aromatic rings. The molecule has 0 aliphatic rings. The van der Waals surface area contributed by atoms with Crippen LogP contribution < -0.4 is 5.32 Å². The van der Waals surface area contributed by atoms with Crippen molar-refractivity contribution in [2.24, 2.45) is 5.92 Å². The highest BCUT2D eigenvalue weighted by molar-refractivity contribution is 5.93. The third kappa shape index (κ3) is 4.64. The van der Waals surface area contributed by atoms with E-state index >= 15 is 0 Å². The fourth-order valence-corrected chi connectivity index (χ4v) is 2.44. The van der Waals surface area contributed by atoms with Gasteiger partial charge in [-0.3, -0.25) is 4.79 Å². The van der Waals surface area contributed by atoms with Gasteiger partial charge in [0, 0.05) is 19.7 Å². The highest BCUT2D eigenvalue weighted by Crippen LogP contribution is 2.10. The van der Waals surface area contributed by atoms with Gasteiger partial charge in [-0.15, -0.1) is 5.10 Å². The molecule has 1 amide bonds. The Morgan fingerprint density at radius 3 is 2.75 bits per heavy atom. The van der Waals surface area contributed by atoms with Crippen molar-refractivity contribution in [2.45, 2.75) is 46.8 Å². The lowest BCUT2D eigenvalue weighted by Crippen LogP contribution is -2.34. The van der Waals surface area contributed by atoms with Crippen LogP contribution in [-0.2, 0) is 11.3 Å². The molecule has 0 saturated carbocycles. The van der Waals surface area contributed by atoms with Crippen LogP contribution in [0.3, 0.4) is 0 Å². The van der Waals surface area contributed by atoms with Crippen LogP contribution in [0.1, 0.15) is 47.9 Å². The lowest BCUT2D eigenvalue weighted by Gasteiger charge is -2.17. The number of ether oxygens (including phenoxy) is 1. The number of hydrogen-bond acceptors (Lipinski definition) is 6. The molecule has 1 atom stereocenters. The first kappa shape index (κ1) is 18.1. The minimum absolute atomic E-state index is 0.0125. The van der Waals surface area contributed by atoms with Crippen molar-refractivity contribution in [1.82, 2.24) is 25.5 Å². The predicted octanol–water partition coefficient (Wildman–Crippen LogP) is 1.72. The molecule has 0 spiro atoms. The fourth-order valence-electron chi connectivity index (χ4n) is 2.44. The lowest BCUT2D eigenvalue weighted by atomic mass is 10.1. The van der Waals surface area contributed by atoms with E-state index in [-0.39, 0.29) is 12.0 Å². The Hall–Kier alpha value is -2.22. The van der Waals surface area contributed by atoms with Crippen molar-refractivity contribution in [3.63, 3.8) is 0 Å². The van der Waals surface area contributed by atoms with Crippen LogP contribution in [0.25, 0.3) is 0 Å². The molecule has 8 nitrogen and oxygen atoms in total. The van der Waals surface area contributed by atoms with Crippen LogP contribution in [0.15, 0.2) is 10.6 Å². The van der Waals surface area contributed by atoms with Crippen LogP contribution in [0.5, 0.6) is 0 Å². The van der Waals surface area contributed by atoms with E-state index in [1.54, 1.807) is 18.7 Å². The fraction of sp³-hybridized carbons (Fsp3) is 0.625. The van der Waals surface area contributed by atoms with Crippen molar-refractivity contribution in [2.75, 3.05) is 13.7 Å². The Kier molecular flexibility index (Phi) is 6.08. The number of carbonyl (C=O) groups is 1. The van der Waals surface area contributed by atoms with Crippen molar-refractivity contribution in [3.05, 3.63) is 28.9 Å². The molecule has 0 bridgehead atoms. The smallest absolute Gasteiger partial charge is 0.273 e. The molecular weight excluding hydrogens is 310 g/mol. The van der Waals surface area contributed by atoms with E-state index in [4.69, 9.17) is 9.26 Å². The van der Waals surface area contributed by atoms with E-state index in [0.717, 1.165) is 12.1 Å². The number of aromatic nitrogens is 4. The highest BCUT2D eigenvalue weighted by Gasteiger charge is 2.19. The molecule has 2 rings (SSSR count). The third-order valence-corrected chi connectivity index (χ3v) is 3.74. The summed E-state index contributed by atoms with van der Waals surface area (Å²) in [4.78, 5) is 12.3. The van der Waals surface area contributed by atoms with Crippen LogP contribution in [0.4, 0.5) is 0 Å². The van der Waals surface area contributed by atoms with Gasteiger partial charge in [0.2, 0.25) is 0 Å². The van der Waals surface area contributed by atoms with Gasteiger partial charge < -0.3 is 14.6 Å². The number of amides is 1. The zero-order valence-corrected chi connectivity index (χ0v) is 14.9. The maximum absolute atomic E-state index is 12.3. The molecule has 2 aromatic heterocycles. The lowest BCUT2D eigenvalue weighted by molar-refractivity contribution is 0.0738. The molecule has 1 N–H and O–H groups in total. The Balaban J connectivity index is 1.97. The van der Waals surface area contributed by atoms with Crippen molar-refractivity contribution < 1.29 is 14.1 Å². The van der Waals surface area contributed by atoms with Gasteiger partial charge in [-0.1, -0.05) is 24.2 Å². The first-order valence-corrected chi connectivity index (χ1v) is 8.04. The summed E-state index contributed by atoms with van der Waals surface area (Å²) in [5.41, 5.74) is 1.79. The average molecular weight is 335 g/mol. The number of aryl methyl sites for hydroxylation is 1. The van der Waals surface area contributed by atoms with Crippen LogP contribution in [0.2, 0.25) is 0 Å². The molecule has 2 heterocycles. The number of nitrogens with zero attached hydrogens (tertiary/aromatic N) is 4. The second-order valence-electron chi connectivity index (χ2n) is 6.31. The van der Waals surface area contributed by atoms with E-state index < -0.39 is 0 Å². The van der Waals surface area contributed by atoms with E-state index in [1.165, 1.54) is 0 Å². The van der Waals surface area contributed by atoms with Crippen LogP contribution in [0, 0.1) is 19.8 Å². The number of rotatable bonds is 8. The van der Waals surface area contributed by atoms with Crippen molar-refractivity contribution in [3.8, 4) is 0 Å². The molecule has 8 heteroatoms. The summed E-state index contributed by atoms with van der Waals surface area (Å²) in [5, 5.41) is 14.7. The van der Waals surface area contributed by atoms with Gasteiger partial charge in [-0.05, 0) is 26.2 Å². The minimum atomic E-state index is -0.252. The van der Waals surface area contributed by atoms with Crippen LogP contribution >= 0.6 is 0 Å². The summed E-state index contributed by atoms with van der Waals surface area (Å²) in [6.07, 6.45) is 0.870. The average Bonchev–Trinajstić information content (AvgIpc) is 3.10. The van der Waals surface area contributed by atoms with Gasteiger partial charge in [0.05, 0.1) is 17.5 Å². The summed E-state index contributed by atoms with van der Waals surface area (Å²) in [5.74, 6) is 0.918. The number of hydrogen-bond donors (Lipinski definition) is 1. The molecule has 132 valence electrons. The predicted molar refractivity (Wildman–Crippen MR) is 87.7 cm³/mol. The van der Waals surface area contributed by atoms with Gasteiger partial charge in [0.15, 0.2) is 11.5 Å². The maximum Gasteiger partial charge on any atom is 0.273 e. The first-order chi connectivity index (χ1) is 11.4. The monoisotopic (exact) mass is 335 g/mol. The molecule has 0 aromatic carbocycles. The van der Waals surface area contributed by atoms with E-state index in [2.05, 4.69) is 34.6 Å². The molecule has 0 radical (unpaired) electrons. The molecule has 24 heavy (non-hydrogen) atoms. The quantitative estimate of drug-likeness (QED) is 0.789. The summed E-state index contributed by atoms with van der Waals surface area (Å²) in [6, 6.07) is 1.83. The summed E-state index contributed by atoms with van der Waals surface area (Å²) in [7, 11) is 1.65. The van der Waals surface area contributed by atoms with E-state index in [1.807, 2.05) is 13.0 Å². The topological polar surface area (TPSA) is 95.1 Å². The zero-order chi connectivity index (χ0) is 17.7. The third-order valence-electron chi connectivity index (χ3n) is 3.74. The summed E-state index contributed by atoms with van der Waals surface area (Å²) >= 11 is 0. The Bertz CT molecular complexity index is 677. The van der Waals surface area contributed by atoms with Crippen molar-refractivity contribution in [1.29, 1.82) is 0 Å². The van der Waals surface area contributed by atoms with Gasteiger partial charge in [-0.2, -0.15) is 0 Å². The Labute approximate surface area is 141 Å². The zero-order valence-electron chi connectivity index (χ0n) is 14.9. The van der Waals surface area contributed by atoms with Crippen molar-refractivity contribution >= 4 is 5.91 Å². The van der Waals surface area contributed by atoms with E-state index in [9.17, 15) is 4.79 Å². The second kappa shape index (κ2) is 8.05. The highest BCUT2D eigenvalue weighted by atomic mass is 16.5. The maximum atomic E-state index is 12.3. The standard InChI is InChI=1S/C16H25N5O3/c1-10(2)6-13(23-5)8-17-16(22)15-12(4)21(20-18-15)9-14-7-11(3)19-24-14/h7,10,13H,6,8-9H2,1-5H3,(H,17,22). The molecule has 1 unspecified atom stereocenters. The number of methoxy groups -OCH3 is 1. The molecule has 0 aliphatic carbocycles. The summed E-state index contributed by atoms with van der Waals surface area (Å²) in [6.45, 7) is 8.73. The molecular formula is C16H25N5O3. The normalized spacial score (nSPS) is 12.6. The van der Waals surface area contributed by atoms with Gasteiger partial charge in [0.1, 0.15) is 6.54 Å². The Morgan fingerprint density at radius 2 is 2.17 bits per heavy atom. The Morgan fingerprint density at radius 1 is 1.42 bits per heavy atom. The minimum Gasteiger partial charge on any atom is -0.380 e. The van der Waals surface area contributed by atoms with Gasteiger partial charge >= 0.3 is 0 Å². The van der Waals surface area contributed by atoms with E-state index in [0.29, 0.717) is 36.2 Å². The molecule has 0 aliphatic heterocycles. The molecule has 0 saturated heterocycles. The van der Waals surface area contributed by atoms with Gasteiger partial charge in [-0.25, -0.2) is 4.68 Å². The van der Waals surface area contributed by atoms with Crippen LogP contribution in [-0.4, -0.2) is 45.8 Å². The first-order valence-electron chi connectivity index (χ1n) is 8.04. The summed E-state index contributed by atoms with van der Waals surface area (Å²) < 4.78 is 12.2. The SMILES string of the molecule is COC(CNC(=O)c1nnn(Cc2cc(C)no2)c1C)CC(C)C. The number of nitrogens with one attached hydrogen (secondary N) is 1. The molecule has 0 fully saturated rings. The number of carbonyl (C=O) groups excluding carboxylic acids is 1. The largest absolute Gasteiger partial charge is 0.380 e. The second-order valence-corrected chi connectivity index (χ2v) is 6.31.